The van der Waals surface area contributed by atoms with E-state index < -0.39 is 5.60 Å². The summed E-state index contributed by atoms with van der Waals surface area (Å²) in [5.74, 6) is -0.321. The van der Waals surface area contributed by atoms with Crippen LogP contribution in [0.25, 0.3) is 21.8 Å². The predicted molar refractivity (Wildman–Crippen MR) is 127 cm³/mol. The molecule has 6 rings (SSSR count). The fourth-order valence-electron chi connectivity index (χ4n) is 5.45. The van der Waals surface area contributed by atoms with Crippen molar-refractivity contribution in [2.24, 2.45) is 7.05 Å². The van der Waals surface area contributed by atoms with Gasteiger partial charge in [-0.3, -0.25) is 4.09 Å². The van der Waals surface area contributed by atoms with Gasteiger partial charge in [0.1, 0.15) is 0 Å². The Morgan fingerprint density at radius 2 is 1.34 bits per heavy atom. The molecular formula is C27H21ClN2O2. The van der Waals surface area contributed by atoms with Crippen LogP contribution in [0.4, 0.5) is 0 Å². The third-order valence-electron chi connectivity index (χ3n) is 6.92. The quantitative estimate of drug-likeness (QED) is 0.306. The first-order valence-electron chi connectivity index (χ1n) is 10.6. The highest BCUT2D eigenvalue weighted by molar-refractivity contribution is 6.20. The summed E-state index contributed by atoms with van der Waals surface area (Å²) in [7, 11) is 2.05. The van der Waals surface area contributed by atoms with Crippen molar-refractivity contribution in [2.75, 3.05) is 0 Å². The second-order valence-corrected chi connectivity index (χ2v) is 8.75. The number of fused-ring (bicyclic) bond motifs is 3. The molecule has 0 aliphatic carbocycles. The number of cyclic esters (lactones) is 1. The molecule has 0 saturated heterocycles. The summed E-state index contributed by atoms with van der Waals surface area (Å²) in [6.07, 6.45) is 0. The number of carbonyl (C=O) groups excluding carboxylic acids is 1. The fraction of sp³-hybridized carbons (Fsp3) is 0.148. The highest BCUT2D eigenvalue weighted by Crippen LogP contribution is 2.53. The van der Waals surface area contributed by atoms with E-state index in [1.54, 1.807) is 4.09 Å². The maximum Gasteiger partial charge on any atom is 0.340 e. The Hall–Kier alpha value is -3.50. The number of aryl methyl sites for hydroxylation is 1. The van der Waals surface area contributed by atoms with Crippen molar-refractivity contribution >= 4 is 39.6 Å². The maximum absolute atomic E-state index is 13.3. The molecule has 2 aromatic heterocycles. The van der Waals surface area contributed by atoms with Crippen LogP contribution < -0.4 is 0 Å². The number of hydrogen-bond donors (Lipinski definition) is 0. The van der Waals surface area contributed by atoms with Gasteiger partial charge < -0.3 is 9.30 Å². The van der Waals surface area contributed by atoms with Gasteiger partial charge in [0, 0.05) is 63.2 Å². The molecule has 32 heavy (non-hydrogen) atoms. The lowest BCUT2D eigenvalue weighted by Crippen LogP contribution is -2.31. The molecule has 0 amide bonds. The molecule has 1 atom stereocenters. The molecule has 0 fully saturated rings. The van der Waals surface area contributed by atoms with Crippen LogP contribution in [0.15, 0.2) is 72.8 Å². The number of rotatable bonds is 2. The van der Waals surface area contributed by atoms with Crippen LogP contribution >= 0.6 is 11.8 Å². The molecule has 0 spiro atoms. The molecule has 5 aromatic rings. The van der Waals surface area contributed by atoms with Gasteiger partial charge in [-0.25, -0.2) is 4.79 Å². The molecule has 0 N–H and O–H groups in total. The SMILES string of the molecule is Cc1c(C2(c3c(C)n(Cl)c4ccccc34)OC(=O)c3ccccc32)c2ccccc2n1C. The highest BCUT2D eigenvalue weighted by atomic mass is 35.5. The topological polar surface area (TPSA) is 36.2 Å². The second kappa shape index (κ2) is 6.50. The number of nitrogens with zero attached hydrogens (tertiary/aromatic N) is 2. The van der Waals surface area contributed by atoms with Gasteiger partial charge in [0.2, 0.25) is 0 Å². The van der Waals surface area contributed by atoms with Crippen molar-refractivity contribution in [1.29, 1.82) is 0 Å². The molecule has 0 bridgehead atoms. The number of hydrogen-bond acceptors (Lipinski definition) is 2. The minimum atomic E-state index is -1.11. The third kappa shape index (κ3) is 2.20. The molecule has 1 aliphatic rings. The Kier molecular flexibility index (Phi) is 3.90. The number of halogens is 1. The molecule has 0 saturated carbocycles. The molecule has 0 radical (unpaired) electrons. The van der Waals surface area contributed by atoms with E-state index in [-0.39, 0.29) is 5.97 Å². The summed E-state index contributed by atoms with van der Waals surface area (Å²) in [6, 6.07) is 23.9. The van der Waals surface area contributed by atoms with Gasteiger partial charge in [0.25, 0.3) is 0 Å². The van der Waals surface area contributed by atoms with Gasteiger partial charge in [-0.05, 0) is 32.0 Å². The molecule has 3 aromatic carbocycles. The molecule has 158 valence electrons. The number of carbonyl (C=O) groups is 1. The summed E-state index contributed by atoms with van der Waals surface area (Å²) in [4.78, 5) is 13.3. The first-order chi connectivity index (χ1) is 15.5. The number of aromatic nitrogens is 2. The van der Waals surface area contributed by atoms with Crippen LogP contribution in [0.2, 0.25) is 0 Å². The van der Waals surface area contributed by atoms with E-state index in [1.165, 1.54) is 0 Å². The molecule has 1 unspecified atom stereocenters. The van der Waals surface area contributed by atoms with Crippen molar-refractivity contribution < 1.29 is 9.53 Å². The Morgan fingerprint density at radius 1 is 0.781 bits per heavy atom. The van der Waals surface area contributed by atoms with Crippen LogP contribution in [0.3, 0.4) is 0 Å². The average molecular weight is 441 g/mol. The molecule has 3 heterocycles. The van der Waals surface area contributed by atoms with E-state index in [4.69, 9.17) is 16.5 Å². The Bertz CT molecular complexity index is 1490. The molecule has 1 aliphatic heterocycles. The van der Waals surface area contributed by atoms with Gasteiger partial charge in [-0.2, -0.15) is 0 Å². The largest absolute Gasteiger partial charge is 0.440 e. The summed E-state index contributed by atoms with van der Waals surface area (Å²) in [5, 5.41) is 2.03. The van der Waals surface area contributed by atoms with Gasteiger partial charge in [0.05, 0.1) is 11.1 Å². The Labute approximate surface area is 190 Å². The van der Waals surface area contributed by atoms with Gasteiger partial charge in [-0.1, -0.05) is 54.6 Å². The van der Waals surface area contributed by atoms with E-state index in [0.29, 0.717) is 5.56 Å². The number of esters is 1. The third-order valence-corrected chi connectivity index (χ3v) is 7.35. The van der Waals surface area contributed by atoms with E-state index >= 15 is 0 Å². The van der Waals surface area contributed by atoms with Gasteiger partial charge in [0.15, 0.2) is 5.60 Å². The van der Waals surface area contributed by atoms with E-state index in [2.05, 4.69) is 30.7 Å². The minimum Gasteiger partial charge on any atom is -0.440 e. The fourth-order valence-corrected chi connectivity index (χ4v) is 5.69. The lowest BCUT2D eigenvalue weighted by Gasteiger charge is -2.31. The van der Waals surface area contributed by atoms with Gasteiger partial charge >= 0.3 is 5.97 Å². The normalized spacial score (nSPS) is 17.8. The Morgan fingerprint density at radius 3 is 2.09 bits per heavy atom. The van der Waals surface area contributed by atoms with E-state index in [9.17, 15) is 4.79 Å². The van der Waals surface area contributed by atoms with Gasteiger partial charge in [-0.15, -0.1) is 0 Å². The van der Waals surface area contributed by atoms with Crippen LogP contribution in [-0.4, -0.2) is 14.6 Å². The summed E-state index contributed by atoms with van der Waals surface area (Å²) < 4.78 is 10.3. The second-order valence-electron chi connectivity index (χ2n) is 8.41. The van der Waals surface area contributed by atoms with Crippen molar-refractivity contribution in [1.82, 2.24) is 8.65 Å². The summed E-state index contributed by atoms with van der Waals surface area (Å²) >= 11 is 6.77. The highest BCUT2D eigenvalue weighted by Gasteiger charge is 2.53. The van der Waals surface area contributed by atoms with Crippen molar-refractivity contribution in [3.05, 3.63) is 106 Å². The van der Waals surface area contributed by atoms with Crippen LogP contribution in [-0.2, 0) is 17.4 Å². The van der Waals surface area contributed by atoms with E-state index in [1.807, 2.05) is 67.6 Å². The monoisotopic (exact) mass is 440 g/mol. The van der Waals surface area contributed by atoms with Crippen molar-refractivity contribution in [3.63, 3.8) is 0 Å². The average Bonchev–Trinajstić information content (AvgIpc) is 3.36. The Balaban J connectivity index is 1.87. The zero-order valence-electron chi connectivity index (χ0n) is 18.0. The molecule has 5 heteroatoms. The molecular weight excluding hydrogens is 420 g/mol. The predicted octanol–water partition coefficient (Wildman–Crippen LogP) is 6.21. The first-order valence-corrected chi connectivity index (χ1v) is 10.9. The first kappa shape index (κ1) is 19.2. The number of ether oxygens (including phenoxy) is 1. The lowest BCUT2D eigenvalue weighted by molar-refractivity contribution is 0.0256. The van der Waals surface area contributed by atoms with Crippen molar-refractivity contribution in [2.45, 2.75) is 19.4 Å². The molecule has 4 nitrogen and oxygen atoms in total. The number of para-hydroxylation sites is 2. The standard InChI is InChI=1S/C27H21ClN2O2/c1-16-24(19-11-5-8-14-22(19)29(16)3)27(21-13-7-4-10-18(21)26(31)32-27)25-17(2)30(28)23-15-9-6-12-20(23)25/h4-15H,1-3H3. The van der Waals surface area contributed by atoms with Crippen LogP contribution in [0.1, 0.15) is 38.4 Å². The minimum absolute atomic E-state index is 0.321. The zero-order chi connectivity index (χ0) is 22.2. The smallest absolute Gasteiger partial charge is 0.340 e. The van der Waals surface area contributed by atoms with Crippen molar-refractivity contribution in [3.8, 4) is 0 Å². The maximum atomic E-state index is 13.3. The lowest BCUT2D eigenvalue weighted by atomic mass is 9.77. The van der Waals surface area contributed by atoms with Crippen LogP contribution in [0, 0.1) is 13.8 Å². The van der Waals surface area contributed by atoms with E-state index in [0.717, 1.165) is 49.9 Å². The van der Waals surface area contributed by atoms with Crippen LogP contribution in [0.5, 0.6) is 0 Å². The zero-order valence-corrected chi connectivity index (χ0v) is 18.8. The number of benzene rings is 3. The summed E-state index contributed by atoms with van der Waals surface area (Å²) in [5.41, 5.74) is 6.08. The summed E-state index contributed by atoms with van der Waals surface area (Å²) in [6.45, 7) is 4.07.